The number of rotatable bonds is 0. The van der Waals surface area contributed by atoms with Crippen LogP contribution in [0.3, 0.4) is 0 Å². The van der Waals surface area contributed by atoms with Crippen molar-refractivity contribution in [3.8, 4) is 0 Å². The van der Waals surface area contributed by atoms with Crippen molar-refractivity contribution in [3.05, 3.63) is 12.2 Å². The fourth-order valence-corrected chi connectivity index (χ4v) is 2.56. The molecule has 74 valence electrons. The van der Waals surface area contributed by atoms with Crippen molar-refractivity contribution in [1.29, 1.82) is 0 Å². The maximum atomic E-state index is 11.1. The minimum absolute atomic E-state index is 0.127. The predicted octanol–water partition coefficient (Wildman–Crippen LogP) is 0.420. The fourth-order valence-electron chi connectivity index (χ4n) is 2.56. The van der Waals surface area contributed by atoms with Crippen molar-refractivity contribution in [2.24, 2.45) is 11.8 Å². The Hall–Kier alpha value is -1.32. The van der Waals surface area contributed by atoms with E-state index in [1.54, 1.807) is 0 Å². The van der Waals surface area contributed by atoms with Gasteiger partial charge in [0.15, 0.2) is 0 Å². The van der Waals surface area contributed by atoms with E-state index in [0.29, 0.717) is 12.8 Å². The molecule has 2 saturated heterocycles. The van der Waals surface area contributed by atoms with Crippen LogP contribution in [0.4, 0.5) is 0 Å². The molecule has 0 amide bonds. The van der Waals surface area contributed by atoms with Crippen LogP contribution in [0, 0.1) is 11.8 Å². The van der Waals surface area contributed by atoms with Gasteiger partial charge in [0.2, 0.25) is 0 Å². The minimum atomic E-state index is -0.162. The zero-order valence-electron chi connectivity index (χ0n) is 7.51. The van der Waals surface area contributed by atoms with Crippen LogP contribution in [0.1, 0.15) is 12.8 Å². The van der Waals surface area contributed by atoms with Gasteiger partial charge in [0.25, 0.3) is 0 Å². The van der Waals surface area contributed by atoms with Crippen LogP contribution in [-0.2, 0) is 19.1 Å². The molecule has 0 N–H and O–H groups in total. The summed E-state index contributed by atoms with van der Waals surface area (Å²) in [7, 11) is 0. The Kier molecular flexibility index (Phi) is 1.48. The van der Waals surface area contributed by atoms with E-state index in [-0.39, 0.29) is 36.0 Å². The van der Waals surface area contributed by atoms with Gasteiger partial charge in [0.1, 0.15) is 12.2 Å². The molecule has 0 spiro atoms. The molecule has 0 aromatic carbocycles. The van der Waals surface area contributed by atoms with Gasteiger partial charge >= 0.3 is 11.9 Å². The molecule has 0 aromatic heterocycles. The summed E-state index contributed by atoms with van der Waals surface area (Å²) in [4.78, 5) is 22.2. The van der Waals surface area contributed by atoms with Crippen molar-refractivity contribution in [1.82, 2.24) is 0 Å². The van der Waals surface area contributed by atoms with E-state index in [2.05, 4.69) is 0 Å². The van der Waals surface area contributed by atoms with Gasteiger partial charge < -0.3 is 9.47 Å². The molecule has 3 rings (SSSR count). The van der Waals surface area contributed by atoms with E-state index >= 15 is 0 Å². The van der Waals surface area contributed by atoms with E-state index in [1.165, 1.54) is 0 Å². The highest BCUT2D eigenvalue weighted by Gasteiger charge is 2.48. The number of carbonyl (C=O) groups is 2. The summed E-state index contributed by atoms with van der Waals surface area (Å²) < 4.78 is 10.2. The molecule has 2 fully saturated rings. The molecule has 0 radical (unpaired) electrons. The first-order valence-electron chi connectivity index (χ1n) is 4.81. The van der Waals surface area contributed by atoms with Crippen molar-refractivity contribution in [3.63, 3.8) is 0 Å². The number of hydrogen-bond acceptors (Lipinski definition) is 4. The van der Waals surface area contributed by atoms with E-state index in [4.69, 9.17) is 9.47 Å². The first-order chi connectivity index (χ1) is 6.74. The van der Waals surface area contributed by atoms with E-state index in [0.717, 1.165) is 0 Å². The molecule has 4 nitrogen and oxygen atoms in total. The summed E-state index contributed by atoms with van der Waals surface area (Å²) in [5, 5.41) is 0. The van der Waals surface area contributed by atoms with Crippen molar-refractivity contribution >= 4 is 11.9 Å². The third-order valence-corrected chi connectivity index (χ3v) is 3.22. The van der Waals surface area contributed by atoms with Crippen LogP contribution in [-0.4, -0.2) is 24.1 Å². The van der Waals surface area contributed by atoms with E-state index in [1.807, 2.05) is 12.2 Å². The normalized spacial score (nSPS) is 44.3. The Bertz CT molecular complexity index is 301. The Balaban J connectivity index is 1.91. The van der Waals surface area contributed by atoms with Gasteiger partial charge in [0.05, 0.1) is 12.8 Å². The highest BCUT2D eigenvalue weighted by Crippen LogP contribution is 2.41. The van der Waals surface area contributed by atoms with Crippen LogP contribution in [0.25, 0.3) is 0 Å². The Labute approximate surface area is 80.9 Å². The largest absolute Gasteiger partial charge is 0.458 e. The number of fused-ring (bicyclic) bond motifs is 3. The number of carbonyl (C=O) groups excluding carboxylic acids is 2. The molecule has 1 aliphatic carbocycles. The Morgan fingerprint density at radius 2 is 1.36 bits per heavy atom. The zero-order chi connectivity index (χ0) is 9.71. The van der Waals surface area contributed by atoms with Gasteiger partial charge in [-0.2, -0.15) is 0 Å². The molecule has 14 heavy (non-hydrogen) atoms. The molecular formula is C10H10O4. The average Bonchev–Trinajstić information content (AvgIpc) is 2.65. The molecule has 2 heterocycles. The van der Waals surface area contributed by atoms with Crippen molar-refractivity contribution in [2.45, 2.75) is 25.0 Å². The first kappa shape index (κ1) is 8.03. The smallest absolute Gasteiger partial charge is 0.306 e. The number of esters is 2. The second-order valence-corrected chi connectivity index (χ2v) is 4.03. The second-order valence-electron chi connectivity index (χ2n) is 4.03. The summed E-state index contributed by atoms with van der Waals surface area (Å²) in [6.45, 7) is 0. The second kappa shape index (κ2) is 2.59. The van der Waals surface area contributed by atoms with Crippen LogP contribution < -0.4 is 0 Å². The number of ether oxygens (including phenoxy) is 2. The molecular weight excluding hydrogens is 184 g/mol. The lowest BCUT2D eigenvalue weighted by atomic mass is 9.78. The number of hydrogen-bond donors (Lipinski definition) is 0. The fraction of sp³-hybridized carbons (Fsp3) is 0.600. The molecule has 0 unspecified atom stereocenters. The first-order valence-corrected chi connectivity index (χ1v) is 4.81. The Morgan fingerprint density at radius 1 is 0.929 bits per heavy atom. The summed E-state index contributed by atoms with van der Waals surface area (Å²) >= 11 is 0. The average molecular weight is 194 g/mol. The molecule has 2 aliphatic heterocycles. The quantitative estimate of drug-likeness (QED) is 0.414. The van der Waals surface area contributed by atoms with Gasteiger partial charge in [-0.1, -0.05) is 0 Å². The van der Waals surface area contributed by atoms with Crippen LogP contribution in [0.2, 0.25) is 0 Å². The summed E-state index contributed by atoms with van der Waals surface area (Å²) in [5.41, 5.74) is 0. The van der Waals surface area contributed by atoms with Crippen LogP contribution in [0.15, 0.2) is 12.2 Å². The van der Waals surface area contributed by atoms with Gasteiger partial charge in [-0.05, 0) is 12.2 Å². The maximum Gasteiger partial charge on any atom is 0.306 e. The standard InChI is InChI=1S/C10H10O4/c11-9-3-5-6-4-10(12)14-8(6)2-1-7(5)13-9/h1-2,5-8H,3-4H2/t5-,6-,7+,8+/m0/s1. The predicted molar refractivity (Wildman–Crippen MR) is 45.1 cm³/mol. The van der Waals surface area contributed by atoms with Crippen molar-refractivity contribution < 1.29 is 19.1 Å². The van der Waals surface area contributed by atoms with Crippen LogP contribution in [0.5, 0.6) is 0 Å². The summed E-state index contributed by atoms with van der Waals surface area (Å²) in [6, 6.07) is 0. The summed E-state index contributed by atoms with van der Waals surface area (Å²) in [6.07, 6.45) is 4.28. The molecule has 0 aromatic rings. The van der Waals surface area contributed by atoms with Crippen LogP contribution >= 0.6 is 0 Å². The minimum Gasteiger partial charge on any atom is -0.458 e. The maximum absolute atomic E-state index is 11.1. The molecule has 0 bridgehead atoms. The van der Waals surface area contributed by atoms with Gasteiger partial charge in [-0.15, -0.1) is 0 Å². The molecule has 4 atom stereocenters. The third-order valence-electron chi connectivity index (χ3n) is 3.22. The van der Waals surface area contributed by atoms with E-state index < -0.39 is 0 Å². The lowest BCUT2D eigenvalue weighted by Crippen LogP contribution is -2.31. The SMILES string of the molecule is O=C1C[C@H]2[C@@H]3CC(=O)O[C@@H]3C=C[C@H]2O1. The molecule has 3 aliphatic rings. The summed E-state index contributed by atoms with van der Waals surface area (Å²) in [5.74, 6) is -0.0396. The molecule has 0 saturated carbocycles. The molecule has 4 heteroatoms. The van der Waals surface area contributed by atoms with Crippen molar-refractivity contribution in [2.75, 3.05) is 0 Å². The van der Waals surface area contributed by atoms with Gasteiger partial charge in [-0.25, -0.2) is 0 Å². The highest BCUT2D eigenvalue weighted by molar-refractivity contribution is 5.75. The Morgan fingerprint density at radius 3 is 1.79 bits per heavy atom. The van der Waals surface area contributed by atoms with Gasteiger partial charge in [0, 0.05) is 11.8 Å². The lowest BCUT2D eigenvalue weighted by Gasteiger charge is -2.26. The zero-order valence-corrected chi connectivity index (χ0v) is 7.51. The van der Waals surface area contributed by atoms with E-state index in [9.17, 15) is 9.59 Å². The topological polar surface area (TPSA) is 52.6 Å². The monoisotopic (exact) mass is 194 g/mol. The van der Waals surface area contributed by atoms with Gasteiger partial charge in [-0.3, -0.25) is 9.59 Å². The third kappa shape index (κ3) is 0.997. The highest BCUT2D eigenvalue weighted by atomic mass is 16.6. The lowest BCUT2D eigenvalue weighted by molar-refractivity contribution is -0.141.